The van der Waals surface area contributed by atoms with Crippen LogP contribution in [0.1, 0.15) is 11.1 Å². The topological polar surface area (TPSA) is 75.7 Å². The van der Waals surface area contributed by atoms with Crippen molar-refractivity contribution in [3.05, 3.63) is 52.5 Å². The number of hydrogen-bond donors (Lipinski definition) is 1. The summed E-state index contributed by atoms with van der Waals surface area (Å²) in [6.45, 7) is 3.63. The minimum absolute atomic E-state index is 0.0965. The van der Waals surface area contributed by atoms with Gasteiger partial charge in [-0.2, -0.15) is 0 Å². The van der Waals surface area contributed by atoms with E-state index in [-0.39, 0.29) is 6.54 Å². The van der Waals surface area contributed by atoms with Crippen molar-refractivity contribution in [2.75, 3.05) is 22.4 Å². The number of carbonyl (C=O) groups is 1. The van der Waals surface area contributed by atoms with Crippen LogP contribution in [-0.2, 0) is 14.8 Å². The van der Waals surface area contributed by atoms with Crippen molar-refractivity contribution in [3.8, 4) is 5.75 Å². The summed E-state index contributed by atoms with van der Waals surface area (Å²) in [4.78, 5) is 12.6. The molecule has 1 amide bonds. The fourth-order valence-electron chi connectivity index (χ4n) is 2.71. The van der Waals surface area contributed by atoms with Gasteiger partial charge < -0.3 is 10.1 Å². The van der Waals surface area contributed by atoms with E-state index in [2.05, 4.69) is 5.32 Å². The molecule has 0 aliphatic carbocycles. The van der Waals surface area contributed by atoms with Crippen LogP contribution in [0.15, 0.2) is 36.4 Å². The van der Waals surface area contributed by atoms with E-state index in [4.69, 9.17) is 16.3 Å². The SMILES string of the molecule is Cc1ccc2c(c1)N(S(C)(=O)=O)C[C@@H](C(=O)Nc1ccc(C)c(Cl)c1)O2. The minimum atomic E-state index is -3.56. The quantitative estimate of drug-likeness (QED) is 0.867. The first kappa shape index (κ1) is 18.5. The predicted molar refractivity (Wildman–Crippen MR) is 103 cm³/mol. The van der Waals surface area contributed by atoms with Crippen LogP contribution in [0.4, 0.5) is 11.4 Å². The van der Waals surface area contributed by atoms with Gasteiger partial charge in [0.15, 0.2) is 6.10 Å². The lowest BCUT2D eigenvalue weighted by Crippen LogP contribution is -2.48. The molecule has 1 atom stereocenters. The highest BCUT2D eigenvalue weighted by atomic mass is 35.5. The zero-order valence-electron chi connectivity index (χ0n) is 14.6. The molecule has 2 aromatic carbocycles. The molecule has 138 valence electrons. The number of rotatable bonds is 3. The molecule has 0 saturated carbocycles. The standard InChI is InChI=1S/C18H19ClN2O4S/c1-11-4-7-16-15(8-11)21(26(3,23)24)10-17(25-16)18(22)20-13-6-5-12(2)14(19)9-13/h4-9,17H,10H2,1-3H3,(H,20,22)/t17-/m0/s1. The lowest BCUT2D eigenvalue weighted by Gasteiger charge is -2.34. The predicted octanol–water partition coefficient (Wildman–Crippen LogP) is 3.12. The van der Waals surface area contributed by atoms with Gasteiger partial charge in [0.25, 0.3) is 5.91 Å². The van der Waals surface area contributed by atoms with Crippen molar-refractivity contribution in [1.29, 1.82) is 0 Å². The molecule has 1 aliphatic rings. The van der Waals surface area contributed by atoms with E-state index < -0.39 is 22.0 Å². The number of fused-ring (bicyclic) bond motifs is 1. The Labute approximate surface area is 157 Å². The van der Waals surface area contributed by atoms with E-state index in [1.807, 2.05) is 13.8 Å². The number of sulfonamides is 1. The molecule has 0 radical (unpaired) electrons. The molecule has 3 rings (SSSR count). The number of aryl methyl sites for hydroxylation is 2. The summed E-state index contributed by atoms with van der Waals surface area (Å²) in [5.74, 6) is -0.0841. The molecule has 0 unspecified atom stereocenters. The van der Waals surface area contributed by atoms with E-state index in [1.54, 1.807) is 36.4 Å². The van der Waals surface area contributed by atoms with Gasteiger partial charge >= 0.3 is 0 Å². The second-order valence-electron chi connectivity index (χ2n) is 6.32. The number of hydrogen-bond acceptors (Lipinski definition) is 4. The summed E-state index contributed by atoms with van der Waals surface area (Å²) < 4.78 is 31.3. The highest BCUT2D eigenvalue weighted by Gasteiger charge is 2.35. The number of carbonyl (C=O) groups excluding carboxylic acids is 1. The van der Waals surface area contributed by atoms with Crippen LogP contribution >= 0.6 is 11.6 Å². The molecule has 8 heteroatoms. The summed E-state index contributed by atoms with van der Waals surface area (Å²) in [7, 11) is -3.56. The van der Waals surface area contributed by atoms with Crippen LogP contribution in [0.2, 0.25) is 5.02 Å². The van der Waals surface area contributed by atoms with Crippen molar-refractivity contribution in [3.63, 3.8) is 0 Å². The number of amides is 1. The van der Waals surface area contributed by atoms with Crippen molar-refractivity contribution in [1.82, 2.24) is 0 Å². The van der Waals surface area contributed by atoms with Crippen LogP contribution in [0, 0.1) is 13.8 Å². The molecule has 0 aromatic heterocycles. The molecule has 0 bridgehead atoms. The van der Waals surface area contributed by atoms with E-state index >= 15 is 0 Å². The highest BCUT2D eigenvalue weighted by molar-refractivity contribution is 7.92. The largest absolute Gasteiger partial charge is 0.476 e. The van der Waals surface area contributed by atoms with Gasteiger partial charge in [-0.3, -0.25) is 9.10 Å². The maximum absolute atomic E-state index is 12.6. The Bertz CT molecular complexity index is 975. The Morgan fingerprint density at radius 1 is 1.23 bits per heavy atom. The van der Waals surface area contributed by atoms with Crippen LogP contribution in [0.3, 0.4) is 0 Å². The highest BCUT2D eigenvalue weighted by Crippen LogP contribution is 2.36. The maximum atomic E-state index is 12.6. The molecule has 26 heavy (non-hydrogen) atoms. The van der Waals surface area contributed by atoms with Gasteiger partial charge in [0.2, 0.25) is 10.0 Å². The van der Waals surface area contributed by atoms with Crippen molar-refractivity contribution in [2.45, 2.75) is 20.0 Å². The Kier molecular flexibility index (Phi) is 4.86. The fraction of sp³-hybridized carbons (Fsp3) is 0.278. The summed E-state index contributed by atoms with van der Waals surface area (Å²) in [6, 6.07) is 10.4. The number of ether oxygens (including phenoxy) is 1. The van der Waals surface area contributed by atoms with E-state index in [0.717, 1.165) is 17.4 Å². The normalized spacial score (nSPS) is 16.6. The minimum Gasteiger partial charge on any atom is -0.476 e. The molecular weight excluding hydrogens is 376 g/mol. The number of nitrogens with zero attached hydrogens (tertiary/aromatic N) is 1. The van der Waals surface area contributed by atoms with Crippen LogP contribution in [-0.4, -0.2) is 33.2 Å². The third kappa shape index (κ3) is 3.78. The molecule has 1 heterocycles. The van der Waals surface area contributed by atoms with Crippen LogP contribution in [0.5, 0.6) is 5.75 Å². The van der Waals surface area contributed by atoms with Gasteiger partial charge in [-0.25, -0.2) is 8.42 Å². The lowest BCUT2D eigenvalue weighted by atomic mass is 10.1. The summed E-state index contributed by atoms with van der Waals surface area (Å²) in [5.41, 5.74) is 2.76. The molecule has 0 saturated heterocycles. The molecule has 1 aliphatic heterocycles. The number of benzene rings is 2. The van der Waals surface area contributed by atoms with Gasteiger partial charge in [-0.15, -0.1) is 0 Å². The summed E-state index contributed by atoms with van der Waals surface area (Å²) in [6.07, 6.45) is 0.138. The number of anilines is 2. The van der Waals surface area contributed by atoms with Gasteiger partial charge in [0, 0.05) is 10.7 Å². The molecule has 0 spiro atoms. The third-order valence-corrected chi connectivity index (χ3v) is 5.67. The first-order valence-corrected chi connectivity index (χ1v) is 10.2. The Morgan fingerprint density at radius 3 is 2.62 bits per heavy atom. The molecule has 0 fully saturated rings. The first-order valence-electron chi connectivity index (χ1n) is 7.97. The van der Waals surface area contributed by atoms with Gasteiger partial charge in [0.05, 0.1) is 18.5 Å². The van der Waals surface area contributed by atoms with Crippen LogP contribution in [0.25, 0.3) is 0 Å². The lowest BCUT2D eigenvalue weighted by molar-refractivity contribution is -0.122. The third-order valence-electron chi connectivity index (χ3n) is 4.12. The maximum Gasteiger partial charge on any atom is 0.267 e. The van der Waals surface area contributed by atoms with Gasteiger partial charge in [-0.1, -0.05) is 23.7 Å². The average molecular weight is 395 g/mol. The van der Waals surface area contributed by atoms with Gasteiger partial charge in [-0.05, 0) is 49.2 Å². The van der Waals surface area contributed by atoms with E-state index in [1.165, 1.54) is 4.31 Å². The van der Waals surface area contributed by atoms with E-state index in [9.17, 15) is 13.2 Å². The zero-order chi connectivity index (χ0) is 19.1. The van der Waals surface area contributed by atoms with Crippen LogP contribution < -0.4 is 14.4 Å². The summed E-state index contributed by atoms with van der Waals surface area (Å²) >= 11 is 6.08. The molecule has 2 aromatic rings. The molecule has 6 nitrogen and oxygen atoms in total. The number of halogens is 1. The Morgan fingerprint density at radius 2 is 1.96 bits per heavy atom. The summed E-state index contributed by atoms with van der Waals surface area (Å²) in [5, 5.41) is 3.26. The van der Waals surface area contributed by atoms with Gasteiger partial charge in [0.1, 0.15) is 5.75 Å². The second-order valence-corrected chi connectivity index (χ2v) is 8.64. The van der Waals surface area contributed by atoms with Crippen molar-refractivity contribution >= 4 is 38.9 Å². The number of nitrogens with one attached hydrogen (secondary N) is 1. The van der Waals surface area contributed by atoms with Crippen molar-refractivity contribution < 1.29 is 17.9 Å². The smallest absolute Gasteiger partial charge is 0.267 e. The Hall–Kier alpha value is -2.25. The van der Waals surface area contributed by atoms with Crippen molar-refractivity contribution in [2.24, 2.45) is 0 Å². The zero-order valence-corrected chi connectivity index (χ0v) is 16.2. The molecule has 1 N–H and O–H groups in total. The Balaban J connectivity index is 1.88. The monoisotopic (exact) mass is 394 g/mol. The molecular formula is C18H19ClN2O4S. The first-order chi connectivity index (χ1) is 12.1. The fourth-order valence-corrected chi connectivity index (χ4v) is 3.79. The van der Waals surface area contributed by atoms with E-state index in [0.29, 0.717) is 22.1 Å². The second kappa shape index (κ2) is 6.81. The average Bonchev–Trinajstić information content (AvgIpc) is 2.56.